The van der Waals surface area contributed by atoms with Gasteiger partial charge in [-0.2, -0.15) is 0 Å². The molecule has 0 aromatic rings. The monoisotopic (exact) mass is 300 g/mol. The van der Waals surface area contributed by atoms with Crippen LogP contribution < -0.4 is 10.6 Å². The second-order valence-electron chi connectivity index (χ2n) is 7.15. The summed E-state index contributed by atoms with van der Waals surface area (Å²) in [4.78, 5) is 11.7. The Bertz CT molecular complexity index is 320. The van der Waals surface area contributed by atoms with Crippen molar-refractivity contribution in [2.24, 2.45) is 5.92 Å². The molecule has 1 atom stereocenters. The van der Waals surface area contributed by atoms with E-state index < -0.39 is 5.60 Å². The van der Waals surface area contributed by atoms with E-state index in [-0.39, 0.29) is 12.1 Å². The molecule has 1 rings (SSSR count). The topological polar surface area (TPSA) is 59.6 Å². The van der Waals surface area contributed by atoms with E-state index in [9.17, 15) is 4.79 Å². The lowest BCUT2D eigenvalue weighted by atomic mass is 9.87. The van der Waals surface area contributed by atoms with Gasteiger partial charge in [0.1, 0.15) is 5.60 Å². The number of carbonyl (C=O) groups excluding carboxylic acids is 1. The Kier molecular flexibility index (Phi) is 6.94. The molecule has 0 heterocycles. The maximum Gasteiger partial charge on any atom is 0.407 e. The number of amides is 1. The molecule has 1 amide bonds. The van der Waals surface area contributed by atoms with E-state index in [1.54, 1.807) is 0 Å². The van der Waals surface area contributed by atoms with Crippen molar-refractivity contribution in [1.29, 1.82) is 0 Å². The summed E-state index contributed by atoms with van der Waals surface area (Å²) in [6.45, 7) is 13.3. The van der Waals surface area contributed by atoms with Crippen molar-refractivity contribution in [1.82, 2.24) is 10.6 Å². The highest BCUT2D eigenvalue weighted by Crippen LogP contribution is 2.24. The third-order valence-electron chi connectivity index (χ3n) is 3.62. The maximum atomic E-state index is 11.7. The molecular weight excluding hydrogens is 268 g/mol. The number of nitrogens with one attached hydrogen (secondary N) is 2. The van der Waals surface area contributed by atoms with Crippen LogP contribution in [0.25, 0.3) is 0 Å². The van der Waals surface area contributed by atoms with Gasteiger partial charge < -0.3 is 20.1 Å². The highest BCUT2D eigenvalue weighted by Gasteiger charge is 2.31. The average Bonchev–Trinajstić information content (AvgIpc) is 2.27. The second-order valence-corrected chi connectivity index (χ2v) is 7.15. The van der Waals surface area contributed by atoms with Gasteiger partial charge in [-0.15, -0.1) is 0 Å². The summed E-state index contributed by atoms with van der Waals surface area (Å²) in [5.41, 5.74) is -0.455. The first-order valence-corrected chi connectivity index (χ1v) is 8.05. The summed E-state index contributed by atoms with van der Waals surface area (Å²) >= 11 is 0. The van der Waals surface area contributed by atoms with Gasteiger partial charge in [-0.3, -0.25) is 0 Å². The predicted octanol–water partition coefficient (Wildman–Crippen LogP) is 2.69. The SMILES string of the molecule is CCOC1CC(NC(CNC(=O)OC(C)(C)C)C(C)C)C1. The number of hydrogen-bond acceptors (Lipinski definition) is 4. The van der Waals surface area contributed by atoms with Gasteiger partial charge in [0.05, 0.1) is 6.10 Å². The third kappa shape index (κ3) is 7.14. The molecule has 124 valence electrons. The first-order valence-electron chi connectivity index (χ1n) is 8.05. The lowest BCUT2D eigenvalue weighted by Crippen LogP contribution is -2.54. The fourth-order valence-corrected chi connectivity index (χ4v) is 2.37. The van der Waals surface area contributed by atoms with E-state index in [1.165, 1.54) is 0 Å². The first kappa shape index (κ1) is 18.2. The predicted molar refractivity (Wildman–Crippen MR) is 84.4 cm³/mol. The average molecular weight is 300 g/mol. The van der Waals surface area contributed by atoms with Gasteiger partial charge in [-0.1, -0.05) is 13.8 Å². The highest BCUT2D eigenvalue weighted by molar-refractivity contribution is 5.67. The van der Waals surface area contributed by atoms with Gasteiger partial charge in [-0.25, -0.2) is 4.79 Å². The van der Waals surface area contributed by atoms with Crippen LogP contribution in [0.2, 0.25) is 0 Å². The number of rotatable bonds is 7. The summed E-state index contributed by atoms with van der Waals surface area (Å²) in [6.07, 6.45) is 2.17. The van der Waals surface area contributed by atoms with Crippen molar-refractivity contribution >= 4 is 6.09 Å². The van der Waals surface area contributed by atoms with E-state index in [0.717, 1.165) is 19.4 Å². The van der Waals surface area contributed by atoms with Crippen molar-refractivity contribution < 1.29 is 14.3 Å². The molecule has 21 heavy (non-hydrogen) atoms. The van der Waals surface area contributed by atoms with Gasteiger partial charge in [0.15, 0.2) is 0 Å². The van der Waals surface area contributed by atoms with E-state index in [4.69, 9.17) is 9.47 Å². The van der Waals surface area contributed by atoms with Crippen LogP contribution in [-0.2, 0) is 9.47 Å². The first-order chi connectivity index (χ1) is 9.71. The van der Waals surface area contributed by atoms with E-state index in [2.05, 4.69) is 24.5 Å². The Labute approximate surface area is 129 Å². The maximum absolute atomic E-state index is 11.7. The van der Waals surface area contributed by atoms with Crippen LogP contribution in [0.15, 0.2) is 0 Å². The molecule has 2 N–H and O–H groups in total. The van der Waals surface area contributed by atoms with Crippen LogP contribution >= 0.6 is 0 Å². The minimum Gasteiger partial charge on any atom is -0.444 e. The van der Waals surface area contributed by atoms with Gasteiger partial charge in [0.25, 0.3) is 0 Å². The van der Waals surface area contributed by atoms with Crippen LogP contribution in [0.4, 0.5) is 4.79 Å². The highest BCUT2D eigenvalue weighted by atomic mass is 16.6. The minimum absolute atomic E-state index is 0.255. The fraction of sp³-hybridized carbons (Fsp3) is 0.938. The molecule has 0 bridgehead atoms. The second kappa shape index (κ2) is 7.99. The summed E-state index contributed by atoms with van der Waals surface area (Å²) in [5.74, 6) is 0.450. The normalized spacial score (nSPS) is 23.6. The minimum atomic E-state index is -0.455. The molecule has 1 unspecified atom stereocenters. The molecule has 0 aliphatic heterocycles. The Morgan fingerprint density at radius 1 is 1.29 bits per heavy atom. The number of carbonyl (C=O) groups is 1. The Morgan fingerprint density at radius 3 is 2.38 bits per heavy atom. The summed E-state index contributed by atoms with van der Waals surface area (Å²) in [6, 6.07) is 0.750. The molecule has 1 aliphatic carbocycles. The summed E-state index contributed by atoms with van der Waals surface area (Å²) < 4.78 is 10.8. The molecule has 0 aromatic heterocycles. The molecule has 1 saturated carbocycles. The van der Waals surface area contributed by atoms with Crippen molar-refractivity contribution in [3.8, 4) is 0 Å². The number of hydrogen-bond donors (Lipinski definition) is 2. The number of alkyl carbamates (subject to hydrolysis) is 1. The van der Waals surface area contributed by atoms with Crippen LogP contribution in [0.5, 0.6) is 0 Å². The van der Waals surface area contributed by atoms with Crippen molar-refractivity contribution in [2.45, 2.75) is 78.2 Å². The summed E-state index contributed by atoms with van der Waals surface area (Å²) in [7, 11) is 0. The molecule has 5 heteroatoms. The summed E-state index contributed by atoms with van der Waals surface area (Å²) in [5, 5.41) is 6.46. The lowest BCUT2D eigenvalue weighted by Gasteiger charge is -2.39. The molecule has 1 aliphatic rings. The van der Waals surface area contributed by atoms with Crippen molar-refractivity contribution in [3.05, 3.63) is 0 Å². The third-order valence-corrected chi connectivity index (χ3v) is 3.62. The van der Waals surface area contributed by atoms with Crippen LogP contribution in [0, 0.1) is 5.92 Å². The molecule has 0 aromatic carbocycles. The van der Waals surface area contributed by atoms with Crippen LogP contribution in [-0.4, -0.2) is 43.0 Å². The molecule has 0 spiro atoms. The molecule has 5 nitrogen and oxygen atoms in total. The Hall–Kier alpha value is -0.810. The molecule has 0 saturated heterocycles. The largest absolute Gasteiger partial charge is 0.444 e. The Balaban J connectivity index is 2.30. The molecular formula is C16H32N2O3. The van der Waals surface area contributed by atoms with Crippen molar-refractivity contribution in [2.75, 3.05) is 13.2 Å². The van der Waals surface area contributed by atoms with Crippen LogP contribution in [0.1, 0.15) is 54.4 Å². The quantitative estimate of drug-likeness (QED) is 0.759. The zero-order valence-corrected chi connectivity index (χ0v) is 14.4. The smallest absolute Gasteiger partial charge is 0.407 e. The van der Waals surface area contributed by atoms with Gasteiger partial charge >= 0.3 is 6.09 Å². The molecule has 0 radical (unpaired) electrons. The van der Waals surface area contributed by atoms with Gasteiger partial charge in [0, 0.05) is 25.2 Å². The van der Waals surface area contributed by atoms with Gasteiger partial charge in [-0.05, 0) is 46.5 Å². The van der Waals surface area contributed by atoms with Crippen LogP contribution in [0.3, 0.4) is 0 Å². The van der Waals surface area contributed by atoms with E-state index in [0.29, 0.717) is 24.6 Å². The lowest BCUT2D eigenvalue weighted by molar-refractivity contribution is -0.0138. The Morgan fingerprint density at radius 2 is 1.90 bits per heavy atom. The fourth-order valence-electron chi connectivity index (χ4n) is 2.37. The van der Waals surface area contributed by atoms with E-state index >= 15 is 0 Å². The van der Waals surface area contributed by atoms with Gasteiger partial charge in [0.2, 0.25) is 0 Å². The molecule has 1 fully saturated rings. The number of ether oxygens (including phenoxy) is 2. The van der Waals surface area contributed by atoms with Crippen molar-refractivity contribution in [3.63, 3.8) is 0 Å². The standard InChI is InChI=1S/C16H32N2O3/c1-7-20-13-8-12(9-13)18-14(11(2)3)10-17-15(19)21-16(4,5)6/h11-14,18H,7-10H2,1-6H3,(H,17,19). The zero-order valence-electron chi connectivity index (χ0n) is 14.4. The van der Waals surface area contributed by atoms with E-state index in [1.807, 2.05) is 27.7 Å². The zero-order chi connectivity index (χ0) is 16.0.